The van der Waals surface area contributed by atoms with Crippen LogP contribution in [0.5, 0.6) is 17.2 Å². The van der Waals surface area contributed by atoms with Gasteiger partial charge in [0.05, 0.1) is 43.5 Å². The number of hydrogen-bond donors (Lipinski definition) is 1. The Bertz CT molecular complexity index is 1440. The Kier molecular flexibility index (Phi) is 6.65. The van der Waals surface area contributed by atoms with Crippen LogP contribution in [-0.2, 0) is 0 Å². The van der Waals surface area contributed by atoms with Crippen LogP contribution in [0.4, 0.5) is 22.0 Å². The number of para-hydroxylation sites is 2. The zero-order chi connectivity index (χ0) is 26.1. The highest BCUT2D eigenvalue weighted by atomic mass is 19.2. The molecule has 0 spiro atoms. The molecule has 0 aliphatic rings. The van der Waals surface area contributed by atoms with Crippen LogP contribution in [0.1, 0.15) is 21.7 Å². The van der Waals surface area contributed by atoms with Gasteiger partial charge in [0, 0.05) is 5.56 Å². The van der Waals surface area contributed by atoms with Crippen molar-refractivity contribution >= 4 is 28.5 Å². The number of carbonyl (C=O) groups excluding carboxylic acids is 1. The van der Waals surface area contributed by atoms with Crippen molar-refractivity contribution in [3.8, 4) is 17.2 Å². The van der Waals surface area contributed by atoms with Crippen LogP contribution in [0.2, 0.25) is 0 Å². The molecule has 1 heterocycles. The quantitative estimate of drug-likeness (QED) is 0.115. The van der Waals surface area contributed by atoms with E-state index in [9.17, 15) is 26.7 Å². The van der Waals surface area contributed by atoms with Gasteiger partial charge < -0.3 is 19.2 Å². The van der Waals surface area contributed by atoms with E-state index in [0.717, 1.165) is 0 Å². The predicted molar refractivity (Wildman–Crippen MR) is 121 cm³/mol. The molecule has 1 N–H and O–H groups in total. The molecule has 1 aromatic heterocycles. The third kappa shape index (κ3) is 4.12. The molecule has 0 fully saturated rings. The maximum atomic E-state index is 14.5. The van der Waals surface area contributed by atoms with Crippen molar-refractivity contribution in [1.29, 1.82) is 0 Å². The summed E-state index contributed by atoms with van der Waals surface area (Å²) in [6, 6.07) is 9.14. The van der Waals surface area contributed by atoms with Gasteiger partial charge in [-0.1, -0.05) is 12.1 Å². The highest BCUT2D eigenvalue weighted by Crippen LogP contribution is 2.39. The van der Waals surface area contributed by atoms with Crippen LogP contribution in [0.25, 0.3) is 22.7 Å². The van der Waals surface area contributed by atoms with E-state index in [4.69, 9.17) is 14.2 Å². The number of nitrogens with one attached hydrogen (secondary N) is 1. The van der Waals surface area contributed by atoms with Crippen LogP contribution in [0.3, 0.4) is 0 Å². The molecule has 0 bridgehead atoms. The lowest BCUT2D eigenvalue weighted by molar-refractivity contribution is 0.105. The van der Waals surface area contributed by atoms with Gasteiger partial charge >= 0.3 is 0 Å². The number of hydrogen-bond acceptors (Lipinski definition) is 5. The van der Waals surface area contributed by atoms with Crippen molar-refractivity contribution in [3.63, 3.8) is 0 Å². The molecular formula is C25H17F5N2O4. The first-order valence-corrected chi connectivity index (χ1v) is 10.2. The molecule has 0 atom stereocenters. The number of ether oxygens (including phenoxy) is 3. The van der Waals surface area contributed by atoms with Gasteiger partial charge in [-0.3, -0.25) is 4.79 Å². The maximum Gasteiger partial charge on any atom is 0.203 e. The van der Waals surface area contributed by atoms with E-state index in [2.05, 4.69) is 9.97 Å². The van der Waals surface area contributed by atoms with Crippen molar-refractivity contribution in [1.82, 2.24) is 9.97 Å². The smallest absolute Gasteiger partial charge is 0.203 e. The molecule has 3 aromatic carbocycles. The van der Waals surface area contributed by atoms with Gasteiger partial charge in [0.25, 0.3) is 0 Å². The first-order valence-electron chi connectivity index (χ1n) is 10.2. The van der Waals surface area contributed by atoms with E-state index in [1.807, 2.05) is 0 Å². The summed E-state index contributed by atoms with van der Waals surface area (Å²) in [4.78, 5) is 20.7. The number of allylic oxidation sites excluding steroid dienone is 1. The number of halogens is 5. The fraction of sp³-hybridized carbons (Fsp3) is 0.120. The number of aromatic nitrogens is 2. The number of carbonyl (C=O) groups is 1. The Morgan fingerprint density at radius 2 is 1.39 bits per heavy atom. The molecule has 0 saturated heterocycles. The first-order chi connectivity index (χ1) is 17.2. The molecule has 0 unspecified atom stereocenters. The largest absolute Gasteiger partial charge is 0.493 e. The Hall–Kier alpha value is -4.41. The molecule has 0 aliphatic carbocycles. The number of methoxy groups -OCH3 is 3. The standard InChI is InChI=1S/C25H17F5N2O4/c1-34-16-8-11(9-17(35-2)24(16)36-3)23(33)13(25-31-14-6-4-5-7-15(14)32-25)10-12-18(26)20(28)22(30)21(29)19(12)27/h4-10H,1-3H3,(H,31,32)/b13-10-. The van der Waals surface area contributed by atoms with Crippen LogP contribution in [0.15, 0.2) is 36.4 Å². The second kappa shape index (κ2) is 9.68. The number of benzene rings is 3. The number of Topliss-reactive ketones (excluding diaryl/α,β-unsaturated/α-hetero) is 1. The van der Waals surface area contributed by atoms with Crippen molar-refractivity contribution in [2.75, 3.05) is 21.3 Å². The van der Waals surface area contributed by atoms with Gasteiger partial charge in [0.1, 0.15) is 5.82 Å². The minimum atomic E-state index is -2.32. The van der Waals surface area contributed by atoms with E-state index in [0.29, 0.717) is 17.1 Å². The van der Waals surface area contributed by atoms with Crippen molar-refractivity contribution < 1.29 is 41.0 Å². The van der Waals surface area contributed by atoms with Gasteiger partial charge in [0.15, 0.2) is 40.6 Å². The summed E-state index contributed by atoms with van der Waals surface area (Å²) in [5.41, 5.74) is -1.02. The van der Waals surface area contributed by atoms with Crippen LogP contribution in [-0.4, -0.2) is 37.1 Å². The van der Waals surface area contributed by atoms with E-state index < -0.39 is 46.0 Å². The summed E-state index contributed by atoms with van der Waals surface area (Å²) in [7, 11) is 3.98. The summed E-state index contributed by atoms with van der Waals surface area (Å²) < 4.78 is 86.1. The Morgan fingerprint density at radius 3 is 1.92 bits per heavy atom. The summed E-state index contributed by atoms with van der Waals surface area (Å²) in [6.07, 6.45) is 0.555. The number of nitrogens with zero attached hydrogens (tertiary/aromatic N) is 1. The second-order valence-electron chi connectivity index (χ2n) is 7.39. The molecule has 0 saturated carbocycles. The van der Waals surface area contributed by atoms with Gasteiger partial charge in [-0.2, -0.15) is 0 Å². The molecule has 0 radical (unpaired) electrons. The number of imidazole rings is 1. The summed E-state index contributed by atoms with van der Waals surface area (Å²) >= 11 is 0. The van der Waals surface area contributed by atoms with Crippen LogP contribution >= 0.6 is 0 Å². The molecule has 0 amide bonds. The number of H-pyrrole nitrogens is 1. The molecule has 4 aromatic rings. The van der Waals surface area contributed by atoms with Crippen molar-refractivity contribution in [2.24, 2.45) is 0 Å². The van der Waals surface area contributed by atoms with E-state index >= 15 is 0 Å². The lowest BCUT2D eigenvalue weighted by Gasteiger charge is -2.14. The molecule has 6 nitrogen and oxygen atoms in total. The lowest BCUT2D eigenvalue weighted by Crippen LogP contribution is -2.09. The molecular weight excluding hydrogens is 487 g/mol. The average Bonchev–Trinajstić information content (AvgIpc) is 3.33. The molecule has 36 heavy (non-hydrogen) atoms. The topological polar surface area (TPSA) is 73.4 Å². The first kappa shape index (κ1) is 24.7. The van der Waals surface area contributed by atoms with E-state index in [-0.39, 0.29) is 28.6 Å². The number of rotatable bonds is 7. The highest BCUT2D eigenvalue weighted by molar-refractivity contribution is 6.32. The van der Waals surface area contributed by atoms with Gasteiger partial charge in [-0.15, -0.1) is 0 Å². The monoisotopic (exact) mass is 504 g/mol. The zero-order valence-electron chi connectivity index (χ0n) is 19.0. The van der Waals surface area contributed by atoms with Crippen LogP contribution < -0.4 is 14.2 Å². The predicted octanol–water partition coefficient (Wildman–Crippen LogP) is 5.71. The van der Waals surface area contributed by atoms with Crippen LogP contribution in [0, 0.1) is 29.1 Å². The second-order valence-corrected chi connectivity index (χ2v) is 7.39. The third-order valence-corrected chi connectivity index (χ3v) is 5.35. The highest BCUT2D eigenvalue weighted by Gasteiger charge is 2.28. The number of aromatic amines is 1. The minimum absolute atomic E-state index is 0.0971. The van der Waals surface area contributed by atoms with Crippen molar-refractivity contribution in [2.45, 2.75) is 0 Å². The molecule has 186 valence electrons. The Balaban J connectivity index is 2.00. The Labute approximate surface area is 200 Å². The molecule has 0 aliphatic heterocycles. The summed E-state index contributed by atoms with van der Waals surface area (Å²) in [6.45, 7) is 0. The van der Waals surface area contributed by atoms with E-state index in [1.165, 1.54) is 33.5 Å². The Morgan fingerprint density at radius 1 is 0.833 bits per heavy atom. The lowest BCUT2D eigenvalue weighted by atomic mass is 9.98. The molecule has 11 heteroatoms. The maximum absolute atomic E-state index is 14.5. The average molecular weight is 504 g/mol. The fourth-order valence-corrected chi connectivity index (χ4v) is 3.58. The SMILES string of the molecule is COc1cc(C(=O)/C(=C/c2c(F)c(F)c(F)c(F)c2F)c2nc3ccccc3[nH]2)cc(OC)c1OC. The third-order valence-electron chi connectivity index (χ3n) is 5.35. The van der Waals surface area contributed by atoms with Crippen molar-refractivity contribution in [3.05, 3.63) is 82.4 Å². The number of ketones is 1. The summed E-state index contributed by atoms with van der Waals surface area (Å²) in [5, 5.41) is 0. The van der Waals surface area contributed by atoms with Gasteiger partial charge in [-0.25, -0.2) is 26.9 Å². The minimum Gasteiger partial charge on any atom is -0.493 e. The normalized spacial score (nSPS) is 11.6. The fourth-order valence-electron chi connectivity index (χ4n) is 3.58. The summed E-state index contributed by atoms with van der Waals surface area (Å²) in [5.74, 6) is -11.5. The van der Waals surface area contributed by atoms with Gasteiger partial charge in [-0.05, 0) is 30.3 Å². The number of fused-ring (bicyclic) bond motifs is 1. The zero-order valence-corrected chi connectivity index (χ0v) is 19.0. The molecule has 4 rings (SSSR count). The van der Waals surface area contributed by atoms with E-state index in [1.54, 1.807) is 24.3 Å². The van der Waals surface area contributed by atoms with Gasteiger partial charge in [0.2, 0.25) is 11.6 Å².